The number of nitrogens with zero attached hydrogens (tertiary/aromatic N) is 1. The lowest BCUT2D eigenvalue weighted by molar-refractivity contribution is -0.206. The third-order valence-corrected chi connectivity index (χ3v) is 6.86. The lowest BCUT2D eigenvalue weighted by Crippen LogP contribution is -2.80. The van der Waals surface area contributed by atoms with Crippen molar-refractivity contribution in [3.8, 4) is 5.75 Å². The molecule has 0 radical (unpaired) electrons. The zero-order valence-corrected chi connectivity index (χ0v) is 20.7. The lowest BCUT2D eigenvalue weighted by Gasteiger charge is -2.52. The second-order valence-corrected chi connectivity index (χ2v) is 12.0. The summed E-state index contributed by atoms with van der Waals surface area (Å²) in [7, 11) is 0. The molecule has 3 atom stereocenters. The first kappa shape index (κ1) is 25.2. The number of halogens is 3. The Bertz CT molecular complexity index is 882. The van der Waals surface area contributed by atoms with Crippen LogP contribution >= 0.6 is 46.6 Å². The van der Waals surface area contributed by atoms with Crippen LogP contribution < -0.4 is 10.1 Å². The molecule has 32 heavy (non-hydrogen) atoms. The van der Waals surface area contributed by atoms with Gasteiger partial charge in [0, 0.05) is 11.4 Å². The average molecular weight is 526 g/mol. The van der Waals surface area contributed by atoms with Gasteiger partial charge in [-0.25, -0.2) is 4.79 Å². The molecule has 0 bridgehead atoms. The lowest BCUT2D eigenvalue weighted by atomic mass is 9.93. The van der Waals surface area contributed by atoms with E-state index in [2.05, 4.69) is 5.32 Å². The van der Waals surface area contributed by atoms with Gasteiger partial charge in [0.15, 0.2) is 6.61 Å². The molecule has 2 amide bonds. The van der Waals surface area contributed by atoms with E-state index in [0.717, 1.165) is 0 Å². The molecule has 2 fully saturated rings. The Morgan fingerprint density at radius 3 is 2.47 bits per heavy atom. The first-order valence-corrected chi connectivity index (χ1v) is 11.8. The molecule has 3 rings (SSSR count). The Kier molecular flexibility index (Phi) is 7.46. The SMILES string of the molecule is CCO[C@@]1(NC(=O)COc2ccccc2)C(=O)N2[C@@H](C(=O)OCC(Cl)(Cl)Cl)C(C)(C)S[C@@H]21. The van der Waals surface area contributed by atoms with Gasteiger partial charge in [0.1, 0.15) is 23.8 Å². The van der Waals surface area contributed by atoms with Crippen molar-refractivity contribution < 1.29 is 28.6 Å². The second-order valence-electron chi connectivity index (χ2n) is 7.73. The number of benzene rings is 1. The summed E-state index contributed by atoms with van der Waals surface area (Å²) in [4.78, 5) is 39.9. The number of hydrogen-bond acceptors (Lipinski definition) is 7. The van der Waals surface area contributed by atoms with Crippen LogP contribution in [0.4, 0.5) is 0 Å². The summed E-state index contributed by atoms with van der Waals surface area (Å²) in [5.41, 5.74) is -1.61. The minimum atomic E-state index is -1.77. The maximum absolute atomic E-state index is 13.2. The van der Waals surface area contributed by atoms with E-state index in [0.29, 0.717) is 5.75 Å². The minimum absolute atomic E-state index is 0.166. The highest BCUT2D eigenvalue weighted by atomic mass is 35.6. The Labute approximate surface area is 205 Å². The molecule has 2 heterocycles. The van der Waals surface area contributed by atoms with Gasteiger partial charge in [-0.3, -0.25) is 9.59 Å². The molecule has 1 aromatic carbocycles. The van der Waals surface area contributed by atoms with Crippen LogP contribution in [0.25, 0.3) is 0 Å². The van der Waals surface area contributed by atoms with Crippen molar-refractivity contribution in [1.82, 2.24) is 10.2 Å². The summed E-state index contributed by atoms with van der Waals surface area (Å²) in [6.45, 7) is 4.70. The topological polar surface area (TPSA) is 94.2 Å². The van der Waals surface area contributed by atoms with Crippen molar-refractivity contribution in [3.63, 3.8) is 0 Å². The van der Waals surface area contributed by atoms with E-state index in [9.17, 15) is 14.4 Å². The quantitative estimate of drug-likeness (QED) is 0.241. The number of alkyl halides is 3. The summed E-state index contributed by atoms with van der Waals surface area (Å²) in [5.74, 6) is -1.27. The van der Waals surface area contributed by atoms with Gasteiger partial charge in [-0.1, -0.05) is 53.0 Å². The zero-order chi connectivity index (χ0) is 23.7. The fourth-order valence-electron chi connectivity index (χ4n) is 3.66. The van der Waals surface area contributed by atoms with Gasteiger partial charge in [-0.05, 0) is 32.9 Å². The Morgan fingerprint density at radius 1 is 1.22 bits per heavy atom. The Hall–Kier alpha value is -1.39. The standard InChI is InChI=1S/C20H23Cl3N2O6S/c1-4-31-20(24-13(26)10-29-12-8-6-5-7-9-12)16(28)25-14(18(2,3)32-17(20)25)15(27)30-11-19(21,22)23/h5-9,14,17H,4,10-11H2,1-3H3,(H,24,26)/t14-,17+,20-/m0/s1. The molecule has 1 aromatic rings. The van der Waals surface area contributed by atoms with Gasteiger partial charge in [-0.2, -0.15) is 0 Å². The summed E-state index contributed by atoms with van der Waals surface area (Å²) in [5, 5.41) is 2.02. The number of carbonyl (C=O) groups is 3. The van der Waals surface area contributed by atoms with E-state index < -0.39 is 50.1 Å². The first-order valence-electron chi connectivity index (χ1n) is 9.78. The number of esters is 1. The number of nitrogens with one attached hydrogen (secondary N) is 1. The highest BCUT2D eigenvalue weighted by molar-refractivity contribution is 8.01. The van der Waals surface area contributed by atoms with Crippen molar-refractivity contribution in [3.05, 3.63) is 30.3 Å². The predicted molar refractivity (Wildman–Crippen MR) is 122 cm³/mol. The number of rotatable bonds is 8. The van der Waals surface area contributed by atoms with E-state index in [1.807, 2.05) is 6.07 Å². The van der Waals surface area contributed by atoms with Gasteiger partial charge in [0.05, 0.1) is 0 Å². The zero-order valence-electron chi connectivity index (χ0n) is 17.6. The maximum Gasteiger partial charge on any atom is 0.330 e. The van der Waals surface area contributed by atoms with Crippen molar-refractivity contribution in [1.29, 1.82) is 0 Å². The van der Waals surface area contributed by atoms with Crippen LogP contribution in [0.3, 0.4) is 0 Å². The number of thioether (sulfide) groups is 1. The fraction of sp³-hybridized carbons (Fsp3) is 0.550. The second kappa shape index (κ2) is 9.46. The number of β-lactam (4-membered cyclic amide) rings is 1. The average Bonchev–Trinajstić information content (AvgIpc) is 2.99. The number of fused-ring (bicyclic) bond motifs is 1. The molecule has 0 aromatic heterocycles. The molecule has 0 unspecified atom stereocenters. The van der Waals surface area contributed by atoms with Gasteiger partial charge < -0.3 is 24.4 Å². The van der Waals surface area contributed by atoms with Gasteiger partial charge in [0.25, 0.3) is 17.5 Å². The van der Waals surface area contributed by atoms with Gasteiger partial charge >= 0.3 is 5.97 Å². The molecule has 1 N–H and O–H groups in total. The molecule has 2 saturated heterocycles. The number of hydrogen-bond donors (Lipinski definition) is 1. The van der Waals surface area contributed by atoms with Crippen LogP contribution in [-0.2, 0) is 23.9 Å². The molecule has 2 aliphatic rings. The summed E-state index contributed by atoms with van der Waals surface area (Å²) < 4.78 is 13.8. The van der Waals surface area contributed by atoms with E-state index in [1.165, 1.54) is 16.7 Å². The fourth-order valence-corrected chi connectivity index (χ4v) is 5.47. The van der Waals surface area contributed by atoms with Crippen molar-refractivity contribution >= 4 is 64.3 Å². The number of carbonyl (C=O) groups excluding carboxylic acids is 3. The van der Waals surface area contributed by atoms with Gasteiger partial charge in [-0.15, -0.1) is 11.8 Å². The van der Waals surface area contributed by atoms with Crippen LogP contribution in [0.5, 0.6) is 5.75 Å². The molecular weight excluding hydrogens is 503 g/mol. The molecular formula is C20H23Cl3N2O6S. The highest BCUT2D eigenvalue weighted by Crippen LogP contribution is 2.55. The number of amides is 2. The molecule has 0 spiro atoms. The van der Waals surface area contributed by atoms with Crippen LogP contribution in [-0.4, -0.2) is 68.2 Å². The largest absolute Gasteiger partial charge is 0.484 e. The molecule has 176 valence electrons. The van der Waals surface area contributed by atoms with E-state index >= 15 is 0 Å². The van der Waals surface area contributed by atoms with E-state index in [4.69, 9.17) is 49.0 Å². The molecule has 0 saturated carbocycles. The van der Waals surface area contributed by atoms with Crippen molar-refractivity contribution in [2.24, 2.45) is 0 Å². The Morgan fingerprint density at radius 2 is 1.88 bits per heavy atom. The predicted octanol–water partition coefficient (Wildman–Crippen LogP) is 2.89. The van der Waals surface area contributed by atoms with E-state index in [1.54, 1.807) is 45.0 Å². The smallest absolute Gasteiger partial charge is 0.330 e. The normalized spacial score (nSPS) is 26.2. The monoisotopic (exact) mass is 524 g/mol. The maximum atomic E-state index is 13.2. The highest BCUT2D eigenvalue weighted by Gasteiger charge is 2.73. The third kappa shape index (κ3) is 5.07. The van der Waals surface area contributed by atoms with Crippen molar-refractivity contribution in [2.45, 2.75) is 46.5 Å². The van der Waals surface area contributed by atoms with E-state index in [-0.39, 0.29) is 13.2 Å². The first-order chi connectivity index (χ1) is 14.9. The van der Waals surface area contributed by atoms with Crippen molar-refractivity contribution in [2.75, 3.05) is 19.8 Å². The van der Waals surface area contributed by atoms with Crippen LogP contribution in [0.2, 0.25) is 0 Å². The molecule has 0 aliphatic carbocycles. The summed E-state index contributed by atoms with van der Waals surface area (Å²) in [6.07, 6.45) is 0. The molecule has 12 heteroatoms. The summed E-state index contributed by atoms with van der Waals surface area (Å²) in [6, 6.07) is 7.87. The number of para-hydroxylation sites is 1. The minimum Gasteiger partial charge on any atom is -0.484 e. The van der Waals surface area contributed by atoms with Crippen LogP contribution in [0, 0.1) is 0 Å². The molecule has 8 nitrogen and oxygen atoms in total. The number of ether oxygens (including phenoxy) is 3. The Balaban J connectivity index is 1.73. The van der Waals surface area contributed by atoms with Gasteiger partial charge in [0.2, 0.25) is 3.79 Å². The molecule has 2 aliphatic heterocycles. The van der Waals surface area contributed by atoms with Crippen LogP contribution in [0.1, 0.15) is 20.8 Å². The third-order valence-electron chi connectivity index (χ3n) is 4.92. The van der Waals surface area contributed by atoms with Crippen LogP contribution in [0.15, 0.2) is 30.3 Å². The summed E-state index contributed by atoms with van der Waals surface area (Å²) >= 11 is 18.3.